The van der Waals surface area contributed by atoms with Gasteiger partial charge in [-0.15, -0.1) is 0 Å². The first-order valence-electron chi connectivity index (χ1n) is 15.7. The van der Waals surface area contributed by atoms with Crippen LogP contribution in [-0.2, 0) is 14.4 Å². The second-order valence-corrected chi connectivity index (χ2v) is 13.8. The third-order valence-electron chi connectivity index (χ3n) is 9.19. The summed E-state index contributed by atoms with van der Waals surface area (Å²) >= 11 is 0. The molecule has 3 unspecified atom stereocenters. The molecule has 2 aromatic rings. The fourth-order valence-electron chi connectivity index (χ4n) is 6.52. The lowest BCUT2D eigenvalue weighted by molar-refractivity contribution is -0.142. The maximum Gasteiger partial charge on any atom is 0.245 e. The van der Waals surface area contributed by atoms with Gasteiger partial charge >= 0.3 is 0 Å². The SMILES string of the molecule is CC(C)C(CN1CCCC1C(=O)Nc1ccc2ccccc2c1)N(C)C(=O)C(NC(=O)[C@H]1CCCCN1C)C(C)(C)C. The number of fused-ring (bicyclic) bond motifs is 1. The summed E-state index contributed by atoms with van der Waals surface area (Å²) in [7, 11) is 3.84. The van der Waals surface area contributed by atoms with Crippen molar-refractivity contribution in [2.24, 2.45) is 11.3 Å². The molecule has 0 saturated carbocycles. The van der Waals surface area contributed by atoms with E-state index in [1.807, 2.05) is 76.2 Å². The molecule has 0 spiro atoms. The first-order valence-corrected chi connectivity index (χ1v) is 15.7. The van der Waals surface area contributed by atoms with Gasteiger partial charge in [0.15, 0.2) is 0 Å². The highest BCUT2D eigenvalue weighted by Crippen LogP contribution is 2.27. The maximum absolute atomic E-state index is 14.1. The second-order valence-electron chi connectivity index (χ2n) is 13.8. The molecule has 0 aliphatic carbocycles. The number of nitrogens with zero attached hydrogens (tertiary/aromatic N) is 3. The van der Waals surface area contributed by atoms with Crippen molar-refractivity contribution in [3.05, 3.63) is 42.5 Å². The molecule has 2 N–H and O–H groups in total. The Morgan fingerprint density at radius 3 is 2.29 bits per heavy atom. The Hall–Kier alpha value is -2.97. The summed E-state index contributed by atoms with van der Waals surface area (Å²) in [5.74, 6) is 0.0227. The Morgan fingerprint density at radius 2 is 1.62 bits per heavy atom. The molecule has 42 heavy (non-hydrogen) atoms. The molecule has 0 radical (unpaired) electrons. The Morgan fingerprint density at radius 1 is 0.929 bits per heavy atom. The molecular formula is C34H51N5O3. The lowest BCUT2D eigenvalue weighted by Crippen LogP contribution is -2.61. The van der Waals surface area contributed by atoms with Gasteiger partial charge in [-0.25, -0.2) is 0 Å². The summed E-state index contributed by atoms with van der Waals surface area (Å²) in [6.07, 6.45) is 4.66. The van der Waals surface area contributed by atoms with Crippen LogP contribution in [0.1, 0.15) is 66.7 Å². The number of piperidine rings is 1. The zero-order valence-corrected chi connectivity index (χ0v) is 26.7. The van der Waals surface area contributed by atoms with Gasteiger partial charge in [0, 0.05) is 25.3 Å². The van der Waals surface area contributed by atoms with E-state index < -0.39 is 11.5 Å². The molecule has 230 valence electrons. The highest BCUT2D eigenvalue weighted by molar-refractivity contribution is 5.97. The number of nitrogens with one attached hydrogen (secondary N) is 2. The van der Waals surface area contributed by atoms with Gasteiger partial charge in [0.1, 0.15) is 6.04 Å². The van der Waals surface area contributed by atoms with E-state index in [2.05, 4.69) is 40.3 Å². The molecule has 4 rings (SSSR count). The van der Waals surface area contributed by atoms with Crippen LogP contribution in [0.2, 0.25) is 0 Å². The van der Waals surface area contributed by atoms with Crippen LogP contribution in [0.3, 0.4) is 0 Å². The topological polar surface area (TPSA) is 85.0 Å². The Kier molecular flexibility index (Phi) is 10.3. The van der Waals surface area contributed by atoms with E-state index in [0.29, 0.717) is 6.54 Å². The summed E-state index contributed by atoms with van der Waals surface area (Å²) in [6, 6.07) is 12.9. The van der Waals surface area contributed by atoms with Gasteiger partial charge in [-0.2, -0.15) is 0 Å². The fourth-order valence-corrected chi connectivity index (χ4v) is 6.52. The van der Waals surface area contributed by atoms with E-state index >= 15 is 0 Å². The Balaban J connectivity index is 1.45. The number of rotatable bonds is 9. The molecular weight excluding hydrogens is 526 g/mol. The number of hydrogen-bond donors (Lipinski definition) is 2. The molecule has 0 bridgehead atoms. The predicted molar refractivity (Wildman–Crippen MR) is 170 cm³/mol. The van der Waals surface area contributed by atoms with Crippen LogP contribution in [0, 0.1) is 11.3 Å². The Labute approximate surface area is 252 Å². The van der Waals surface area contributed by atoms with Crippen LogP contribution in [0.15, 0.2) is 42.5 Å². The molecule has 4 atom stereocenters. The molecule has 8 nitrogen and oxygen atoms in total. The minimum Gasteiger partial charge on any atom is -0.342 e. The van der Waals surface area contributed by atoms with E-state index in [1.54, 1.807) is 0 Å². The van der Waals surface area contributed by atoms with Crippen LogP contribution in [0.4, 0.5) is 5.69 Å². The Bertz CT molecular complexity index is 1260. The van der Waals surface area contributed by atoms with Crippen molar-refractivity contribution in [2.75, 3.05) is 39.0 Å². The average Bonchev–Trinajstić information content (AvgIpc) is 3.42. The minimum atomic E-state index is -0.642. The standard InChI is InChI=1S/C34H51N5O3/c1-23(2)29(38(7)33(42)30(34(3,4)5)36-31(40)27-15-10-11-19-37(27)6)22-39-20-12-16-28(39)32(41)35-26-18-17-24-13-8-9-14-25(24)21-26/h8-9,13-14,17-18,21,23,27-30H,10-12,15-16,19-20,22H2,1-7H3,(H,35,41)(H,36,40)/t27-,28?,29?,30?/m1/s1. The van der Waals surface area contributed by atoms with Crippen LogP contribution in [-0.4, -0.2) is 90.3 Å². The molecule has 8 heteroatoms. The number of likely N-dealkylation sites (N-methyl/N-ethyl adjacent to an activating group) is 2. The van der Waals surface area contributed by atoms with Gasteiger partial charge in [0.2, 0.25) is 17.7 Å². The predicted octanol–water partition coefficient (Wildman–Crippen LogP) is 4.74. The van der Waals surface area contributed by atoms with Crippen molar-refractivity contribution in [1.29, 1.82) is 0 Å². The number of hydrogen-bond acceptors (Lipinski definition) is 5. The molecule has 2 aromatic carbocycles. The highest BCUT2D eigenvalue weighted by atomic mass is 16.2. The smallest absolute Gasteiger partial charge is 0.245 e. The molecule has 2 fully saturated rings. The van der Waals surface area contributed by atoms with E-state index in [1.165, 1.54) is 0 Å². The molecule has 2 aliphatic rings. The summed E-state index contributed by atoms with van der Waals surface area (Å²) in [5.41, 5.74) is 0.344. The van der Waals surface area contributed by atoms with Crippen LogP contribution in [0.5, 0.6) is 0 Å². The largest absolute Gasteiger partial charge is 0.342 e. The van der Waals surface area contributed by atoms with Gasteiger partial charge in [0.05, 0.1) is 12.1 Å². The zero-order chi connectivity index (χ0) is 30.6. The molecule has 0 aromatic heterocycles. The zero-order valence-electron chi connectivity index (χ0n) is 26.7. The van der Waals surface area contributed by atoms with Gasteiger partial charge < -0.3 is 15.5 Å². The van der Waals surface area contributed by atoms with Crippen LogP contribution in [0.25, 0.3) is 10.8 Å². The van der Waals surface area contributed by atoms with Gasteiger partial charge in [-0.05, 0) is 80.1 Å². The van der Waals surface area contributed by atoms with Crippen LogP contribution >= 0.6 is 0 Å². The lowest BCUT2D eigenvalue weighted by atomic mass is 9.84. The van der Waals surface area contributed by atoms with E-state index in [0.717, 1.165) is 61.7 Å². The van der Waals surface area contributed by atoms with Crippen molar-refractivity contribution in [1.82, 2.24) is 20.0 Å². The van der Waals surface area contributed by atoms with E-state index in [-0.39, 0.29) is 41.8 Å². The monoisotopic (exact) mass is 577 g/mol. The number of likely N-dealkylation sites (tertiary alicyclic amines) is 2. The summed E-state index contributed by atoms with van der Waals surface area (Å²) in [5, 5.41) is 8.52. The van der Waals surface area contributed by atoms with Crippen molar-refractivity contribution in [3.8, 4) is 0 Å². The van der Waals surface area contributed by atoms with Crippen molar-refractivity contribution >= 4 is 34.2 Å². The molecule has 2 saturated heterocycles. The first-order chi connectivity index (χ1) is 19.9. The van der Waals surface area contributed by atoms with E-state index in [4.69, 9.17) is 0 Å². The fraction of sp³-hybridized carbons (Fsp3) is 0.618. The van der Waals surface area contributed by atoms with E-state index in [9.17, 15) is 14.4 Å². The van der Waals surface area contributed by atoms with Crippen molar-refractivity contribution in [3.63, 3.8) is 0 Å². The summed E-state index contributed by atoms with van der Waals surface area (Å²) in [6.45, 7) is 12.6. The number of anilines is 1. The lowest BCUT2D eigenvalue weighted by Gasteiger charge is -2.41. The second kappa shape index (κ2) is 13.6. The molecule has 2 heterocycles. The highest BCUT2D eigenvalue weighted by Gasteiger charge is 2.41. The number of amides is 3. The summed E-state index contributed by atoms with van der Waals surface area (Å²) < 4.78 is 0. The third kappa shape index (κ3) is 7.51. The first kappa shape index (κ1) is 32.0. The van der Waals surface area contributed by atoms with Crippen molar-refractivity contribution < 1.29 is 14.4 Å². The van der Waals surface area contributed by atoms with Crippen LogP contribution < -0.4 is 10.6 Å². The van der Waals surface area contributed by atoms with Gasteiger partial charge in [0.25, 0.3) is 0 Å². The van der Waals surface area contributed by atoms with Gasteiger partial charge in [-0.1, -0.05) is 71.4 Å². The average molecular weight is 578 g/mol. The molecule has 2 aliphatic heterocycles. The minimum absolute atomic E-state index is 0.00398. The number of benzene rings is 2. The van der Waals surface area contributed by atoms with Gasteiger partial charge in [-0.3, -0.25) is 24.2 Å². The third-order valence-corrected chi connectivity index (χ3v) is 9.19. The quantitative estimate of drug-likeness (QED) is 0.450. The maximum atomic E-state index is 14.1. The molecule has 3 amide bonds. The van der Waals surface area contributed by atoms with Crippen molar-refractivity contribution in [2.45, 2.75) is 90.9 Å². The summed E-state index contributed by atoms with van der Waals surface area (Å²) in [4.78, 5) is 47.0. The number of carbonyl (C=O) groups is 3. The normalized spacial score (nSPS) is 21.7. The number of carbonyl (C=O) groups excluding carboxylic acids is 3.